The van der Waals surface area contributed by atoms with Gasteiger partial charge in [-0.2, -0.15) is 0 Å². The first-order valence-corrected chi connectivity index (χ1v) is 10.8. The van der Waals surface area contributed by atoms with Crippen LogP contribution in [-0.2, 0) is 4.74 Å². The van der Waals surface area contributed by atoms with Gasteiger partial charge in [0.1, 0.15) is 17.3 Å². The molecule has 3 aromatic rings. The van der Waals surface area contributed by atoms with Gasteiger partial charge >= 0.3 is 6.09 Å². The summed E-state index contributed by atoms with van der Waals surface area (Å²) in [5.74, 6) is -0.0125. The van der Waals surface area contributed by atoms with Crippen LogP contribution in [0.2, 0.25) is 0 Å². The topological polar surface area (TPSA) is 105 Å². The van der Waals surface area contributed by atoms with E-state index in [0.717, 1.165) is 11.1 Å². The van der Waals surface area contributed by atoms with Crippen LogP contribution in [0.3, 0.4) is 0 Å². The molecule has 1 aliphatic carbocycles. The number of halogens is 1. The molecule has 1 heterocycles. The summed E-state index contributed by atoms with van der Waals surface area (Å²) in [4.78, 5) is 20.2. The summed E-state index contributed by atoms with van der Waals surface area (Å²) >= 11 is 3.17. The van der Waals surface area contributed by atoms with E-state index in [1.807, 2.05) is 24.3 Å². The minimum absolute atomic E-state index is 0.0125. The van der Waals surface area contributed by atoms with E-state index in [1.165, 1.54) is 23.5 Å². The van der Waals surface area contributed by atoms with Gasteiger partial charge in [-0.15, -0.1) is 0 Å². The van der Waals surface area contributed by atoms with Gasteiger partial charge in [0.05, 0.1) is 24.2 Å². The van der Waals surface area contributed by atoms with Gasteiger partial charge in [-0.25, -0.2) is 9.78 Å². The number of fused-ring (bicyclic) bond motifs is 3. The standard InChI is InChI=1S/C23H22BrN3O4/c24-21-12-26-19(11-27-21)22(29)20(28)9-10-25-23(30)31-13-18-16-7-3-1-5-14(16)15-6-2-4-8-17(15)18/h1-8,11-12,18,20,22,28-29H,9-10,13H2,(H,25,30). The molecule has 2 unspecified atom stereocenters. The van der Waals surface area contributed by atoms with E-state index < -0.39 is 18.3 Å². The predicted octanol–water partition coefficient (Wildman–Crippen LogP) is 3.56. The average Bonchev–Trinajstić information content (AvgIpc) is 3.11. The molecular weight excluding hydrogens is 462 g/mol. The number of hydrogen-bond acceptors (Lipinski definition) is 6. The second-order valence-electron chi connectivity index (χ2n) is 7.32. The number of amides is 1. The molecule has 160 valence electrons. The molecular formula is C23H22BrN3O4. The number of nitrogens with one attached hydrogen (secondary N) is 1. The quantitative estimate of drug-likeness (QED) is 0.474. The molecule has 4 rings (SSSR count). The van der Waals surface area contributed by atoms with E-state index in [1.54, 1.807) is 0 Å². The number of aliphatic hydroxyl groups is 2. The monoisotopic (exact) mass is 483 g/mol. The van der Waals surface area contributed by atoms with E-state index in [2.05, 4.69) is 55.5 Å². The van der Waals surface area contributed by atoms with Gasteiger partial charge in [-0.05, 0) is 44.6 Å². The zero-order valence-corrected chi connectivity index (χ0v) is 18.2. The third kappa shape index (κ3) is 4.76. The normalized spacial score (nSPS) is 14.4. The number of benzene rings is 2. The number of hydrogen-bond donors (Lipinski definition) is 3. The maximum atomic E-state index is 12.2. The molecule has 7 nitrogen and oxygen atoms in total. The van der Waals surface area contributed by atoms with Gasteiger partial charge in [0.2, 0.25) is 0 Å². The average molecular weight is 484 g/mol. The largest absolute Gasteiger partial charge is 0.449 e. The van der Waals surface area contributed by atoms with Crippen LogP contribution in [0, 0.1) is 0 Å². The Hall–Kier alpha value is -2.81. The molecule has 3 N–H and O–H groups in total. The molecule has 0 aliphatic heterocycles. The van der Waals surface area contributed by atoms with Gasteiger partial charge in [-0.3, -0.25) is 4.98 Å². The number of alkyl carbamates (subject to hydrolysis) is 1. The SMILES string of the molecule is O=C(NCCC(O)C(O)c1cnc(Br)cn1)OCC1c2ccccc2-c2ccccc21. The molecule has 0 fully saturated rings. The van der Waals surface area contributed by atoms with E-state index >= 15 is 0 Å². The molecule has 0 saturated carbocycles. The van der Waals surface area contributed by atoms with Crippen LogP contribution in [0.15, 0.2) is 65.5 Å². The van der Waals surface area contributed by atoms with Crippen LogP contribution in [0.4, 0.5) is 4.79 Å². The molecule has 31 heavy (non-hydrogen) atoms. The zero-order chi connectivity index (χ0) is 21.8. The summed E-state index contributed by atoms with van der Waals surface area (Å²) < 4.78 is 5.99. The van der Waals surface area contributed by atoms with Gasteiger partial charge in [0.15, 0.2) is 0 Å². The highest BCUT2D eigenvalue weighted by atomic mass is 79.9. The molecule has 1 aliphatic rings. The van der Waals surface area contributed by atoms with Gasteiger partial charge in [0.25, 0.3) is 0 Å². The predicted molar refractivity (Wildman–Crippen MR) is 118 cm³/mol. The Balaban J connectivity index is 1.28. The van der Waals surface area contributed by atoms with E-state index in [4.69, 9.17) is 4.74 Å². The fourth-order valence-corrected chi connectivity index (χ4v) is 4.01. The van der Waals surface area contributed by atoms with Crippen molar-refractivity contribution in [2.45, 2.75) is 24.5 Å². The van der Waals surface area contributed by atoms with Crippen molar-refractivity contribution in [1.29, 1.82) is 0 Å². The molecule has 0 spiro atoms. The highest BCUT2D eigenvalue weighted by Crippen LogP contribution is 2.44. The van der Waals surface area contributed by atoms with Crippen LogP contribution >= 0.6 is 15.9 Å². The number of nitrogens with zero attached hydrogens (tertiary/aromatic N) is 2. The molecule has 2 atom stereocenters. The second kappa shape index (κ2) is 9.55. The highest BCUT2D eigenvalue weighted by molar-refractivity contribution is 9.10. The summed E-state index contributed by atoms with van der Waals surface area (Å²) in [7, 11) is 0. The van der Waals surface area contributed by atoms with Crippen molar-refractivity contribution in [2.24, 2.45) is 0 Å². The Morgan fingerprint density at radius 1 is 1.03 bits per heavy atom. The van der Waals surface area contributed by atoms with Gasteiger partial charge in [0, 0.05) is 12.5 Å². The van der Waals surface area contributed by atoms with Crippen LogP contribution in [0.1, 0.15) is 35.3 Å². The third-order valence-corrected chi connectivity index (χ3v) is 5.77. The molecule has 1 amide bonds. The van der Waals surface area contributed by atoms with Crippen molar-refractivity contribution in [3.05, 3.63) is 82.3 Å². The molecule has 0 saturated heterocycles. The Morgan fingerprint density at radius 2 is 1.68 bits per heavy atom. The van der Waals surface area contributed by atoms with Crippen molar-refractivity contribution >= 4 is 22.0 Å². The lowest BCUT2D eigenvalue weighted by molar-refractivity contribution is 0.0109. The van der Waals surface area contributed by atoms with Crippen LogP contribution in [-0.4, -0.2) is 45.5 Å². The maximum absolute atomic E-state index is 12.2. The number of carbonyl (C=O) groups is 1. The van der Waals surface area contributed by atoms with Crippen molar-refractivity contribution in [3.8, 4) is 11.1 Å². The van der Waals surface area contributed by atoms with E-state index in [0.29, 0.717) is 4.60 Å². The third-order valence-electron chi connectivity index (χ3n) is 5.36. The fourth-order valence-electron chi connectivity index (χ4n) is 3.80. The van der Waals surface area contributed by atoms with Crippen molar-refractivity contribution in [2.75, 3.05) is 13.2 Å². The summed E-state index contributed by atoms with van der Waals surface area (Å²) in [6, 6.07) is 16.3. The lowest BCUT2D eigenvalue weighted by Crippen LogP contribution is -2.31. The summed E-state index contributed by atoms with van der Waals surface area (Å²) in [5, 5.41) is 22.9. The fraction of sp³-hybridized carbons (Fsp3) is 0.261. The molecule has 0 radical (unpaired) electrons. The van der Waals surface area contributed by atoms with Crippen molar-refractivity contribution < 1.29 is 19.7 Å². The first-order chi connectivity index (χ1) is 15.0. The van der Waals surface area contributed by atoms with Crippen LogP contribution in [0.25, 0.3) is 11.1 Å². The van der Waals surface area contributed by atoms with Crippen LogP contribution in [0.5, 0.6) is 0 Å². The summed E-state index contributed by atoms with van der Waals surface area (Å²) in [5.41, 5.74) is 4.88. The van der Waals surface area contributed by atoms with Crippen molar-refractivity contribution in [1.82, 2.24) is 15.3 Å². The number of aromatic nitrogens is 2. The Kier molecular flexibility index (Phi) is 6.60. The number of ether oxygens (including phenoxy) is 1. The molecule has 2 aromatic carbocycles. The smallest absolute Gasteiger partial charge is 0.407 e. The number of aliphatic hydroxyl groups excluding tert-OH is 2. The minimum Gasteiger partial charge on any atom is -0.449 e. The first-order valence-electron chi connectivity index (χ1n) is 9.97. The van der Waals surface area contributed by atoms with E-state index in [-0.39, 0.29) is 31.2 Å². The highest BCUT2D eigenvalue weighted by Gasteiger charge is 2.29. The molecule has 1 aromatic heterocycles. The van der Waals surface area contributed by atoms with Crippen molar-refractivity contribution in [3.63, 3.8) is 0 Å². The first kappa shape index (κ1) is 21.4. The lowest BCUT2D eigenvalue weighted by Gasteiger charge is -2.18. The van der Waals surface area contributed by atoms with E-state index in [9.17, 15) is 15.0 Å². The summed E-state index contributed by atoms with van der Waals surface area (Å²) in [6.45, 7) is 0.373. The zero-order valence-electron chi connectivity index (χ0n) is 16.6. The Morgan fingerprint density at radius 3 is 2.29 bits per heavy atom. The number of carbonyl (C=O) groups excluding carboxylic acids is 1. The minimum atomic E-state index is -1.19. The molecule has 0 bridgehead atoms. The lowest BCUT2D eigenvalue weighted by atomic mass is 9.98. The summed E-state index contributed by atoms with van der Waals surface area (Å²) in [6.07, 6.45) is 0.126. The second-order valence-corrected chi connectivity index (χ2v) is 8.13. The van der Waals surface area contributed by atoms with Gasteiger partial charge < -0.3 is 20.3 Å². The Bertz CT molecular complexity index is 1020. The maximum Gasteiger partial charge on any atom is 0.407 e. The Labute approximate surface area is 188 Å². The number of rotatable bonds is 7. The van der Waals surface area contributed by atoms with Crippen LogP contribution < -0.4 is 5.32 Å². The molecule has 8 heteroatoms. The van der Waals surface area contributed by atoms with Gasteiger partial charge in [-0.1, -0.05) is 48.5 Å².